The molecule has 1 aliphatic rings. The standard InChI is InChI=1S/C46H31NO/c1-2-10-30(11-3-1)37-14-8-9-17-43(37)47(36-24-27-41-42-25-22-32-13-5-7-16-40(32)46(42)48-44(41)29-36)35-23-26-39-34(28-35)21-20-33-19-18-31-12-4-6-15-38(31)45(33)39/h1-27,29,35H,28H2. The van der Waals surface area contributed by atoms with Gasteiger partial charge < -0.3 is 9.32 Å². The molecule has 0 bridgehead atoms. The van der Waals surface area contributed by atoms with Gasteiger partial charge in [0.25, 0.3) is 0 Å². The molecule has 2 nitrogen and oxygen atoms in total. The monoisotopic (exact) mass is 613 g/mol. The molecule has 226 valence electrons. The third kappa shape index (κ3) is 4.19. The second-order valence-corrected chi connectivity index (χ2v) is 12.9. The minimum absolute atomic E-state index is 0.0949. The van der Waals surface area contributed by atoms with Crippen molar-refractivity contribution < 1.29 is 4.42 Å². The third-order valence-electron chi connectivity index (χ3n) is 10.2. The first kappa shape index (κ1) is 27.0. The Morgan fingerprint density at radius 1 is 0.542 bits per heavy atom. The van der Waals surface area contributed by atoms with Crippen molar-refractivity contribution in [3.8, 4) is 11.1 Å². The lowest BCUT2D eigenvalue weighted by Crippen LogP contribution is -2.33. The molecule has 0 N–H and O–H groups in total. The molecule has 0 spiro atoms. The van der Waals surface area contributed by atoms with Crippen LogP contribution >= 0.6 is 0 Å². The number of hydrogen-bond acceptors (Lipinski definition) is 2. The first-order valence-corrected chi connectivity index (χ1v) is 16.7. The molecule has 0 saturated carbocycles. The molecule has 48 heavy (non-hydrogen) atoms. The molecule has 10 rings (SSSR count). The van der Waals surface area contributed by atoms with E-state index in [1.54, 1.807) is 0 Å². The van der Waals surface area contributed by atoms with Gasteiger partial charge in [-0.3, -0.25) is 0 Å². The minimum atomic E-state index is 0.0949. The van der Waals surface area contributed by atoms with Crippen LogP contribution in [0.15, 0.2) is 168 Å². The normalized spacial score (nSPS) is 14.3. The molecule has 1 aromatic heterocycles. The second kappa shape index (κ2) is 10.7. The van der Waals surface area contributed by atoms with Crippen molar-refractivity contribution >= 4 is 71.7 Å². The summed E-state index contributed by atoms with van der Waals surface area (Å²) in [6, 6.07) is 57.1. The predicted molar refractivity (Wildman–Crippen MR) is 203 cm³/mol. The molecule has 0 radical (unpaired) electrons. The van der Waals surface area contributed by atoms with Gasteiger partial charge in [-0.25, -0.2) is 0 Å². The summed E-state index contributed by atoms with van der Waals surface area (Å²) in [5.74, 6) is 0. The van der Waals surface area contributed by atoms with Crippen LogP contribution in [0, 0.1) is 0 Å². The molecule has 1 unspecified atom stereocenters. The van der Waals surface area contributed by atoms with Crippen LogP contribution in [0.4, 0.5) is 11.4 Å². The number of benzene rings is 8. The summed E-state index contributed by atoms with van der Waals surface area (Å²) < 4.78 is 6.70. The maximum absolute atomic E-state index is 6.70. The number of furan rings is 1. The first-order valence-electron chi connectivity index (χ1n) is 16.7. The van der Waals surface area contributed by atoms with Crippen molar-refractivity contribution in [3.05, 3.63) is 175 Å². The summed E-state index contributed by atoms with van der Waals surface area (Å²) in [7, 11) is 0. The van der Waals surface area contributed by atoms with Crippen molar-refractivity contribution in [2.45, 2.75) is 12.5 Å². The molecule has 0 fully saturated rings. The molecule has 2 heteroatoms. The Labute approximate surface area is 278 Å². The average Bonchev–Trinajstić information content (AvgIpc) is 3.54. The van der Waals surface area contributed by atoms with Crippen LogP contribution < -0.4 is 4.90 Å². The number of nitrogens with zero attached hydrogens (tertiary/aromatic N) is 1. The molecular weight excluding hydrogens is 583 g/mol. The van der Waals surface area contributed by atoms with Gasteiger partial charge in [0.05, 0.1) is 6.04 Å². The predicted octanol–water partition coefficient (Wildman–Crippen LogP) is 12.5. The molecule has 0 aliphatic heterocycles. The maximum atomic E-state index is 6.70. The van der Waals surface area contributed by atoms with Crippen LogP contribution in [0.1, 0.15) is 11.1 Å². The molecule has 1 aliphatic carbocycles. The smallest absolute Gasteiger partial charge is 0.143 e. The number of rotatable bonds is 4. The number of fused-ring (bicyclic) bond motifs is 10. The highest BCUT2D eigenvalue weighted by atomic mass is 16.3. The highest BCUT2D eigenvalue weighted by Crippen LogP contribution is 2.43. The molecule has 1 heterocycles. The number of anilines is 2. The fourth-order valence-electron chi connectivity index (χ4n) is 7.91. The van der Waals surface area contributed by atoms with Crippen LogP contribution in [-0.4, -0.2) is 6.04 Å². The molecule has 0 saturated heterocycles. The van der Waals surface area contributed by atoms with Crippen LogP contribution in [0.2, 0.25) is 0 Å². The van der Waals surface area contributed by atoms with Crippen LogP contribution in [0.25, 0.3) is 71.5 Å². The SMILES string of the molecule is C1=CC(N(c2ccc3c(c2)oc2c4ccccc4ccc32)c2ccccc2-c2ccccc2)Cc2ccc3ccc4ccccc4c3c21. The third-order valence-corrected chi connectivity index (χ3v) is 10.2. The highest BCUT2D eigenvalue weighted by Gasteiger charge is 2.27. The largest absolute Gasteiger partial charge is 0.455 e. The first-order chi connectivity index (χ1) is 23.8. The van der Waals surface area contributed by atoms with E-state index in [1.807, 2.05) is 0 Å². The Hall–Kier alpha value is -6.12. The molecule has 0 amide bonds. The van der Waals surface area contributed by atoms with Gasteiger partial charge in [-0.1, -0.05) is 140 Å². The Morgan fingerprint density at radius 3 is 2.12 bits per heavy atom. The van der Waals surface area contributed by atoms with E-state index >= 15 is 0 Å². The van der Waals surface area contributed by atoms with Gasteiger partial charge >= 0.3 is 0 Å². The quantitative estimate of drug-likeness (QED) is 0.184. The zero-order chi connectivity index (χ0) is 31.6. The van der Waals surface area contributed by atoms with Crippen LogP contribution in [-0.2, 0) is 6.42 Å². The minimum Gasteiger partial charge on any atom is -0.455 e. The lowest BCUT2D eigenvalue weighted by Gasteiger charge is -2.36. The van der Waals surface area contributed by atoms with Gasteiger partial charge in [-0.15, -0.1) is 0 Å². The fraction of sp³-hybridized carbons (Fsp3) is 0.0435. The molecule has 1 atom stereocenters. The van der Waals surface area contributed by atoms with E-state index in [0.717, 1.165) is 39.4 Å². The van der Waals surface area contributed by atoms with E-state index < -0.39 is 0 Å². The van der Waals surface area contributed by atoms with E-state index in [0.29, 0.717) is 0 Å². The summed E-state index contributed by atoms with van der Waals surface area (Å²) in [6.07, 6.45) is 5.65. The Balaban J connectivity index is 1.17. The Morgan fingerprint density at radius 2 is 1.23 bits per heavy atom. The van der Waals surface area contributed by atoms with Crippen molar-refractivity contribution in [3.63, 3.8) is 0 Å². The fourth-order valence-corrected chi connectivity index (χ4v) is 7.91. The van der Waals surface area contributed by atoms with Crippen LogP contribution in [0.5, 0.6) is 0 Å². The van der Waals surface area contributed by atoms with Crippen molar-refractivity contribution in [1.29, 1.82) is 0 Å². The Bertz CT molecular complexity index is 2720. The van der Waals surface area contributed by atoms with Crippen molar-refractivity contribution in [2.24, 2.45) is 0 Å². The van der Waals surface area contributed by atoms with Crippen LogP contribution in [0.3, 0.4) is 0 Å². The zero-order valence-electron chi connectivity index (χ0n) is 26.3. The van der Waals surface area contributed by atoms with E-state index in [1.165, 1.54) is 54.9 Å². The van der Waals surface area contributed by atoms with Gasteiger partial charge in [0.1, 0.15) is 11.2 Å². The number of para-hydroxylation sites is 1. The van der Waals surface area contributed by atoms with E-state index in [9.17, 15) is 0 Å². The maximum Gasteiger partial charge on any atom is 0.143 e. The average molecular weight is 614 g/mol. The van der Waals surface area contributed by atoms with Gasteiger partial charge in [-0.05, 0) is 74.3 Å². The summed E-state index contributed by atoms with van der Waals surface area (Å²) in [5.41, 5.74) is 9.24. The van der Waals surface area contributed by atoms with Gasteiger partial charge in [0.2, 0.25) is 0 Å². The summed E-state index contributed by atoms with van der Waals surface area (Å²) in [4.78, 5) is 2.51. The Kier molecular flexibility index (Phi) is 6.04. The topological polar surface area (TPSA) is 16.4 Å². The lowest BCUT2D eigenvalue weighted by atomic mass is 9.87. The molecule has 9 aromatic rings. The number of hydrogen-bond donors (Lipinski definition) is 0. The van der Waals surface area contributed by atoms with Gasteiger partial charge in [-0.2, -0.15) is 0 Å². The van der Waals surface area contributed by atoms with E-state index in [4.69, 9.17) is 4.42 Å². The second-order valence-electron chi connectivity index (χ2n) is 12.9. The highest BCUT2D eigenvalue weighted by molar-refractivity contribution is 6.15. The van der Waals surface area contributed by atoms with Crippen molar-refractivity contribution in [2.75, 3.05) is 4.90 Å². The lowest BCUT2D eigenvalue weighted by molar-refractivity contribution is 0.672. The molecular formula is C46H31NO. The summed E-state index contributed by atoms with van der Waals surface area (Å²) in [5, 5.41) is 9.83. The summed E-state index contributed by atoms with van der Waals surface area (Å²) >= 11 is 0. The van der Waals surface area contributed by atoms with Gasteiger partial charge in [0.15, 0.2) is 0 Å². The zero-order valence-corrected chi connectivity index (χ0v) is 26.3. The van der Waals surface area contributed by atoms with Crippen molar-refractivity contribution in [1.82, 2.24) is 0 Å². The summed E-state index contributed by atoms with van der Waals surface area (Å²) in [6.45, 7) is 0. The van der Waals surface area contributed by atoms with E-state index in [2.05, 4.69) is 175 Å². The molecule has 8 aromatic carbocycles. The van der Waals surface area contributed by atoms with Gasteiger partial charge in [0, 0.05) is 39.2 Å². The van der Waals surface area contributed by atoms with E-state index in [-0.39, 0.29) is 6.04 Å².